The van der Waals surface area contributed by atoms with Crippen molar-refractivity contribution in [1.29, 1.82) is 0 Å². The Morgan fingerprint density at radius 2 is 1.74 bits per heavy atom. The molecule has 0 unspecified atom stereocenters. The van der Waals surface area contributed by atoms with E-state index in [0.717, 1.165) is 25.7 Å². The summed E-state index contributed by atoms with van der Waals surface area (Å²) in [5.41, 5.74) is 0.347. The first-order valence-corrected chi connectivity index (χ1v) is 7.75. The van der Waals surface area contributed by atoms with Crippen LogP contribution in [0.2, 0.25) is 0 Å². The second-order valence-electron chi connectivity index (χ2n) is 5.29. The predicted octanol–water partition coefficient (Wildman–Crippen LogP) is 0.453. The summed E-state index contributed by atoms with van der Waals surface area (Å²) in [6, 6.07) is 6.53. The van der Waals surface area contributed by atoms with E-state index < -0.39 is 10.1 Å². The molecule has 0 aliphatic heterocycles. The molecule has 0 spiro atoms. The van der Waals surface area contributed by atoms with Gasteiger partial charge < -0.3 is 4.55 Å². The molecule has 0 saturated heterocycles. The van der Waals surface area contributed by atoms with E-state index in [1.807, 2.05) is 13.8 Å². The van der Waals surface area contributed by atoms with Gasteiger partial charge in [-0.2, -0.15) is 0 Å². The van der Waals surface area contributed by atoms with Crippen LogP contribution in [0.5, 0.6) is 0 Å². The number of unbranched alkanes of at least 4 members (excludes halogenated alkanes) is 2. The van der Waals surface area contributed by atoms with Crippen LogP contribution < -0.4 is 51.4 Å². The van der Waals surface area contributed by atoms with Crippen molar-refractivity contribution < 1.29 is 64.4 Å². The van der Waals surface area contributed by atoms with Crippen LogP contribution in [-0.2, 0) is 15.5 Å². The molecule has 1 aromatic rings. The molecule has 0 atom stereocenters. The third kappa shape index (κ3) is 5.95. The van der Waals surface area contributed by atoms with Crippen LogP contribution in [0.25, 0.3) is 0 Å². The minimum Gasteiger partial charge on any atom is -0.744 e. The van der Waals surface area contributed by atoms with Crippen LogP contribution >= 0.6 is 0 Å². The van der Waals surface area contributed by atoms with Gasteiger partial charge in [0, 0.05) is 0 Å². The third-order valence-corrected chi connectivity index (χ3v) is 4.19. The van der Waals surface area contributed by atoms with Gasteiger partial charge in [0.2, 0.25) is 0 Å². The van der Waals surface area contributed by atoms with Gasteiger partial charge in [-0.15, -0.1) is 0 Å². The second kappa shape index (κ2) is 8.27. The van der Waals surface area contributed by atoms with Crippen molar-refractivity contribution in [3.8, 4) is 0 Å². The first-order chi connectivity index (χ1) is 8.29. The summed E-state index contributed by atoms with van der Waals surface area (Å²) < 4.78 is 33.8. The molecule has 0 N–H and O–H groups in total. The molecule has 0 aliphatic carbocycles. The van der Waals surface area contributed by atoms with Crippen molar-refractivity contribution in [3.63, 3.8) is 0 Å². The van der Waals surface area contributed by atoms with Gasteiger partial charge in [-0.3, -0.25) is 0 Å². The van der Waals surface area contributed by atoms with Crippen LogP contribution in [0.1, 0.15) is 52.0 Å². The number of hydrogen-bond donors (Lipinski definition) is 0. The van der Waals surface area contributed by atoms with Crippen LogP contribution in [-0.4, -0.2) is 13.0 Å². The molecule has 0 amide bonds. The van der Waals surface area contributed by atoms with Crippen LogP contribution in [0.15, 0.2) is 29.2 Å². The second-order valence-corrected chi connectivity index (χ2v) is 6.64. The van der Waals surface area contributed by atoms with Gasteiger partial charge in [-0.25, -0.2) is 8.42 Å². The maximum atomic E-state index is 11.3. The van der Waals surface area contributed by atoms with Crippen molar-refractivity contribution >= 4 is 10.1 Å². The maximum Gasteiger partial charge on any atom is 1.00 e. The Kier molecular flexibility index (Phi) is 8.60. The van der Waals surface area contributed by atoms with Gasteiger partial charge in [-0.05, 0) is 23.5 Å². The van der Waals surface area contributed by atoms with Gasteiger partial charge in [0.15, 0.2) is 0 Å². The van der Waals surface area contributed by atoms with Crippen LogP contribution in [0.4, 0.5) is 0 Å². The monoisotopic (exact) mass is 308 g/mol. The zero-order valence-corrected chi connectivity index (χ0v) is 16.2. The van der Waals surface area contributed by atoms with E-state index in [2.05, 4.69) is 6.92 Å². The van der Waals surface area contributed by atoms with Gasteiger partial charge in [-0.1, -0.05) is 58.2 Å². The summed E-state index contributed by atoms with van der Waals surface area (Å²) in [4.78, 5) is -0.0773. The van der Waals surface area contributed by atoms with E-state index in [0.29, 0.717) is 5.56 Å². The molecule has 1 rings (SSSR count). The summed E-state index contributed by atoms with van der Waals surface area (Å²) in [6.45, 7) is 6.11. The first-order valence-electron chi connectivity index (χ1n) is 6.34. The molecule has 1 aromatic carbocycles. The normalized spacial score (nSPS) is 12.0. The number of rotatable bonds is 6. The number of hydrogen-bond acceptors (Lipinski definition) is 3. The summed E-state index contributed by atoms with van der Waals surface area (Å²) >= 11 is 0. The van der Waals surface area contributed by atoms with Crippen molar-refractivity contribution in [2.45, 2.75) is 56.8 Å². The van der Waals surface area contributed by atoms with E-state index in [9.17, 15) is 13.0 Å². The first kappa shape index (κ1) is 19.8. The Balaban J connectivity index is 0.00000324. The van der Waals surface area contributed by atoms with E-state index in [4.69, 9.17) is 0 Å². The minimum absolute atomic E-state index is 0. The molecular formula is C14H21KO3S. The van der Waals surface area contributed by atoms with Crippen molar-refractivity contribution in [3.05, 3.63) is 29.8 Å². The van der Waals surface area contributed by atoms with Gasteiger partial charge in [0.05, 0.1) is 4.90 Å². The molecule has 3 nitrogen and oxygen atoms in total. The van der Waals surface area contributed by atoms with Gasteiger partial charge in [0.1, 0.15) is 10.1 Å². The smallest absolute Gasteiger partial charge is 0.744 e. The number of benzene rings is 1. The molecule has 0 bridgehead atoms. The fraction of sp³-hybridized carbons (Fsp3) is 0.571. The maximum absolute atomic E-state index is 11.3. The van der Waals surface area contributed by atoms with Crippen LogP contribution in [0.3, 0.4) is 0 Å². The summed E-state index contributed by atoms with van der Waals surface area (Å²) in [7, 11) is -4.40. The molecule has 0 aliphatic rings. The Hall–Kier alpha value is 0.766. The Labute approximate surface area is 159 Å². The average Bonchev–Trinajstić information content (AvgIpc) is 2.28. The van der Waals surface area contributed by atoms with E-state index in [1.165, 1.54) is 6.07 Å². The largest absolute Gasteiger partial charge is 1.00 e. The van der Waals surface area contributed by atoms with Crippen molar-refractivity contribution in [2.75, 3.05) is 0 Å². The van der Waals surface area contributed by atoms with E-state index >= 15 is 0 Å². The molecule has 0 heterocycles. The molecule has 0 radical (unpaired) electrons. The Bertz CT molecular complexity index is 495. The average molecular weight is 308 g/mol. The van der Waals surface area contributed by atoms with E-state index in [1.54, 1.807) is 18.2 Å². The van der Waals surface area contributed by atoms with Crippen LogP contribution in [0, 0.1) is 0 Å². The topological polar surface area (TPSA) is 57.2 Å². The standard InChI is InChI=1S/C14H22O3S.K/c1-4-5-8-11-14(2,3)12-9-6-7-10-13(12)18(15,16)17;/h6-7,9-10H,4-5,8,11H2,1-3H3,(H,15,16,17);/q;+1/p-1. The minimum atomic E-state index is -4.40. The summed E-state index contributed by atoms with van der Waals surface area (Å²) in [6.07, 6.45) is 4.16. The summed E-state index contributed by atoms with van der Waals surface area (Å²) in [5, 5.41) is 0. The zero-order chi connectivity index (χ0) is 13.8. The molecule has 0 aromatic heterocycles. The molecule has 102 valence electrons. The fourth-order valence-corrected chi connectivity index (χ4v) is 3.05. The Morgan fingerprint density at radius 1 is 1.16 bits per heavy atom. The molecular weight excluding hydrogens is 287 g/mol. The SMILES string of the molecule is CCCCCC(C)(C)c1ccccc1S(=O)(=O)[O-].[K+]. The quantitative estimate of drug-likeness (QED) is 0.436. The van der Waals surface area contributed by atoms with Gasteiger partial charge >= 0.3 is 51.4 Å². The predicted molar refractivity (Wildman–Crippen MR) is 71.6 cm³/mol. The van der Waals surface area contributed by atoms with Crippen molar-refractivity contribution in [2.24, 2.45) is 0 Å². The molecule has 5 heteroatoms. The Morgan fingerprint density at radius 3 is 2.26 bits per heavy atom. The molecule has 19 heavy (non-hydrogen) atoms. The third-order valence-electron chi connectivity index (χ3n) is 3.29. The molecule has 0 fully saturated rings. The summed E-state index contributed by atoms with van der Waals surface area (Å²) in [5.74, 6) is 0. The van der Waals surface area contributed by atoms with Crippen molar-refractivity contribution in [1.82, 2.24) is 0 Å². The fourth-order valence-electron chi connectivity index (χ4n) is 2.20. The molecule has 0 saturated carbocycles. The van der Waals surface area contributed by atoms with E-state index in [-0.39, 0.29) is 61.7 Å². The van der Waals surface area contributed by atoms with Gasteiger partial charge in [0.25, 0.3) is 0 Å². The zero-order valence-electron chi connectivity index (χ0n) is 12.3.